The molecule has 2 aromatic carbocycles. The highest BCUT2D eigenvalue weighted by molar-refractivity contribution is 5.96. The van der Waals surface area contributed by atoms with Crippen molar-refractivity contribution < 1.29 is 14.5 Å². The van der Waals surface area contributed by atoms with Gasteiger partial charge in [0.1, 0.15) is 11.9 Å². The lowest BCUT2D eigenvalue weighted by atomic mass is 10.1. The third kappa shape index (κ3) is 5.41. The molecule has 0 unspecified atom stereocenters. The standard InChI is InChI=1S/C20H20N6O4/c1-13(15-7-9-16(10-8-15)26(29)30)22-24-19(27)12-17-20(28)25-23-18(21-17)11-14-5-3-2-4-6-14/h2-10,17,22H,1,11-12H2,(H,21,23)(H,24,27)(H,25,28)/t17-/m0/s1. The minimum absolute atomic E-state index is 0.0447. The van der Waals surface area contributed by atoms with Gasteiger partial charge >= 0.3 is 0 Å². The van der Waals surface area contributed by atoms with Crippen LogP contribution in [0.1, 0.15) is 17.5 Å². The Balaban J connectivity index is 1.54. The lowest BCUT2D eigenvalue weighted by molar-refractivity contribution is -0.384. The molecule has 0 bridgehead atoms. The number of nitro benzene ring substituents is 1. The van der Waals surface area contributed by atoms with E-state index in [1.807, 2.05) is 30.3 Å². The number of amidine groups is 1. The number of nitrogens with zero attached hydrogens (tertiary/aromatic N) is 2. The van der Waals surface area contributed by atoms with Gasteiger partial charge in [-0.3, -0.25) is 46.4 Å². The Kier molecular flexibility index (Phi) is 6.38. The first-order valence-corrected chi connectivity index (χ1v) is 9.07. The van der Waals surface area contributed by atoms with E-state index < -0.39 is 22.8 Å². The van der Waals surface area contributed by atoms with Gasteiger partial charge in [0.2, 0.25) is 5.91 Å². The third-order valence-corrected chi connectivity index (χ3v) is 4.32. The van der Waals surface area contributed by atoms with Crippen molar-refractivity contribution in [2.75, 3.05) is 0 Å². The van der Waals surface area contributed by atoms with Crippen molar-refractivity contribution in [1.29, 1.82) is 0 Å². The topological polar surface area (TPSA) is 138 Å². The summed E-state index contributed by atoms with van der Waals surface area (Å²) in [5, 5.41) is 10.7. The molecule has 0 spiro atoms. The van der Waals surface area contributed by atoms with E-state index in [1.165, 1.54) is 24.3 Å². The SMILES string of the molecule is C=C(NNC(=O)C[C@@H]1N=C(Cc2ccccc2)NNC1=O)c1ccc([N+](=O)[O-])cc1. The van der Waals surface area contributed by atoms with Gasteiger partial charge in [-0.2, -0.15) is 0 Å². The van der Waals surface area contributed by atoms with Crippen LogP contribution in [0, 0.1) is 10.1 Å². The van der Waals surface area contributed by atoms with E-state index in [-0.39, 0.29) is 12.1 Å². The van der Waals surface area contributed by atoms with Crippen LogP contribution < -0.4 is 21.7 Å². The summed E-state index contributed by atoms with van der Waals surface area (Å²) < 4.78 is 0. The quantitative estimate of drug-likeness (QED) is 0.383. The van der Waals surface area contributed by atoms with Crippen LogP contribution in [-0.4, -0.2) is 28.6 Å². The summed E-state index contributed by atoms with van der Waals surface area (Å²) in [6.45, 7) is 3.78. The smallest absolute Gasteiger partial charge is 0.269 e. The van der Waals surface area contributed by atoms with Gasteiger partial charge in [-0.25, -0.2) is 0 Å². The molecule has 10 nitrogen and oxygen atoms in total. The number of amides is 2. The summed E-state index contributed by atoms with van der Waals surface area (Å²) in [6.07, 6.45) is 0.334. The maximum absolute atomic E-state index is 12.2. The molecule has 0 saturated heterocycles. The van der Waals surface area contributed by atoms with Gasteiger partial charge in [0.15, 0.2) is 0 Å². The van der Waals surface area contributed by atoms with Gasteiger partial charge in [-0.1, -0.05) is 36.9 Å². The number of hydrogen-bond donors (Lipinski definition) is 4. The first-order chi connectivity index (χ1) is 14.4. The van der Waals surface area contributed by atoms with E-state index in [2.05, 4.69) is 33.3 Å². The molecule has 3 rings (SSSR count). The van der Waals surface area contributed by atoms with Crippen molar-refractivity contribution >= 4 is 29.0 Å². The van der Waals surface area contributed by atoms with Crippen molar-refractivity contribution in [3.63, 3.8) is 0 Å². The van der Waals surface area contributed by atoms with Crippen LogP contribution in [0.5, 0.6) is 0 Å². The Morgan fingerprint density at radius 1 is 1.10 bits per heavy atom. The van der Waals surface area contributed by atoms with Crippen LogP contribution in [0.25, 0.3) is 5.70 Å². The van der Waals surface area contributed by atoms with Gasteiger partial charge in [-0.05, 0) is 23.3 Å². The van der Waals surface area contributed by atoms with Gasteiger partial charge in [0.05, 0.1) is 17.0 Å². The van der Waals surface area contributed by atoms with Gasteiger partial charge in [-0.15, -0.1) is 0 Å². The molecule has 2 amide bonds. The van der Waals surface area contributed by atoms with E-state index in [0.29, 0.717) is 23.5 Å². The molecule has 0 aliphatic carbocycles. The highest BCUT2D eigenvalue weighted by Crippen LogP contribution is 2.15. The third-order valence-electron chi connectivity index (χ3n) is 4.32. The van der Waals surface area contributed by atoms with Crippen molar-refractivity contribution in [3.05, 3.63) is 82.4 Å². The van der Waals surface area contributed by atoms with E-state index in [1.54, 1.807) is 0 Å². The number of benzene rings is 2. The number of nitrogens with one attached hydrogen (secondary N) is 4. The average molecular weight is 408 g/mol. The molecular weight excluding hydrogens is 388 g/mol. The Morgan fingerprint density at radius 3 is 2.47 bits per heavy atom. The van der Waals surface area contributed by atoms with Crippen molar-refractivity contribution in [3.8, 4) is 0 Å². The number of hydrazine groups is 2. The summed E-state index contributed by atoms with van der Waals surface area (Å²) in [5.74, 6) is -0.305. The van der Waals surface area contributed by atoms with Crippen molar-refractivity contribution in [2.24, 2.45) is 4.99 Å². The zero-order valence-electron chi connectivity index (χ0n) is 15.9. The number of hydrogen-bond acceptors (Lipinski definition) is 7. The maximum atomic E-state index is 12.2. The molecule has 0 radical (unpaired) electrons. The second-order valence-corrected chi connectivity index (χ2v) is 6.53. The number of non-ortho nitro benzene ring substituents is 1. The first-order valence-electron chi connectivity index (χ1n) is 9.07. The fraction of sp³-hybridized carbons (Fsp3) is 0.150. The Hall–Kier alpha value is -4.21. The molecule has 0 saturated carbocycles. The Bertz CT molecular complexity index is 988. The van der Waals surface area contributed by atoms with E-state index in [4.69, 9.17) is 0 Å². The number of carbonyl (C=O) groups is 2. The molecule has 1 atom stereocenters. The summed E-state index contributed by atoms with van der Waals surface area (Å²) in [5.41, 5.74) is 12.3. The second kappa shape index (κ2) is 9.32. The minimum Gasteiger partial charge on any atom is -0.299 e. The fourth-order valence-electron chi connectivity index (χ4n) is 2.74. The largest absolute Gasteiger partial charge is 0.299 e. The zero-order valence-corrected chi connectivity index (χ0v) is 15.9. The number of aliphatic imine (C=N–C) groups is 1. The molecular formula is C20H20N6O4. The van der Waals surface area contributed by atoms with Gasteiger partial charge in [0, 0.05) is 18.6 Å². The van der Waals surface area contributed by atoms with E-state index in [0.717, 1.165) is 5.56 Å². The maximum Gasteiger partial charge on any atom is 0.269 e. The Labute approximate surface area is 172 Å². The van der Waals surface area contributed by atoms with Crippen LogP contribution in [0.3, 0.4) is 0 Å². The number of rotatable bonds is 8. The first kappa shape index (κ1) is 20.5. The lowest BCUT2D eigenvalue weighted by Crippen LogP contribution is -2.53. The van der Waals surface area contributed by atoms with Crippen LogP contribution >= 0.6 is 0 Å². The monoisotopic (exact) mass is 408 g/mol. The van der Waals surface area contributed by atoms with E-state index >= 15 is 0 Å². The normalized spacial score (nSPS) is 15.3. The summed E-state index contributed by atoms with van der Waals surface area (Å²) in [6, 6.07) is 14.5. The zero-order chi connectivity index (χ0) is 21.5. The average Bonchev–Trinajstić information content (AvgIpc) is 2.75. The van der Waals surface area contributed by atoms with Gasteiger partial charge < -0.3 is 0 Å². The molecule has 10 heteroatoms. The molecule has 0 fully saturated rings. The predicted molar refractivity (Wildman–Crippen MR) is 111 cm³/mol. The molecule has 1 aliphatic heterocycles. The van der Waals surface area contributed by atoms with E-state index in [9.17, 15) is 19.7 Å². The van der Waals surface area contributed by atoms with Crippen LogP contribution in [0.15, 0.2) is 66.2 Å². The highest BCUT2D eigenvalue weighted by Gasteiger charge is 2.25. The lowest BCUT2D eigenvalue weighted by Gasteiger charge is -2.22. The van der Waals surface area contributed by atoms with Crippen LogP contribution in [0.4, 0.5) is 5.69 Å². The molecule has 30 heavy (non-hydrogen) atoms. The fourth-order valence-corrected chi connectivity index (χ4v) is 2.74. The molecule has 0 aromatic heterocycles. The molecule has 2 aromatic rings. The van der Waals surface area contributed by atoms with Crippen LogP contribution in [-0.2, 0) is 16.0 Å². The second-order valence-electron chi connectivity index (χ2n) is 6.53. The molecule has 1 aliphatic rings. The van der Waals surface area contributed by atoms with Crippen LogP contribution in [0.2, 0.25) is 0 Å². The predicted octanol–water partition coefficient (Wildman–Crippen LogP) is 1.22. The molecule has 4 N–H and O–H groups in total. The summed E-state index contributed by atoms with van der Waals surface area (Å²) >= 11 is 0. The van der Waals surface area contributed by atoms with Crippen molar-refractivity contribution in [1.82, 2.24) is 21.7 Å². The molecule has 154 valence electrons. The van der Waals surface area contributed by atoms with Crippen molar-refractivity contribution in [2.45, 2.75) is 18.9 Å². The number of nitro groups is 1. The minimum atomic E-state index is -0.862. The van der Waals surface area contributed by atoms with Gasteiger partial charge in [0.25, 0.3) is 11.6 Å². The highest BCUT2D eigenvalue weighted by atomic mass is 16.6. The summed E-state index contributed by atoms with van der Waals surface area (Å²) in [7, 11) is 0. The molecule has 1 heterocycles. The Morgan fingerprint density at radius 2 is 1.80 bits per heavy atom. The number of carbonyl (C=O) groups excluding carboxylic acids is 2. The summed E-state index contributed by atoms with van der Waals surface area (Å²) in [4.78, 5) is 38.8.